The SMILES string of the molecule is COc1nc(N[C@H]2CC[C@H](NC(=O)O)CC2)ccc1C#N. The van der Waals surface area contributed by atoms with Crippen LogP contribution >= 0.6 is 0 Å². The van der Waals surface area contributed by atoms with Gasteiger partial charge in [-0.2, -0.15) is 10.2 Å². The zero-order chi connectivity index (χ0) is 15.2. The van der Waals surface area contributed by atoms with E-state index < -0.39 is 6.09 Å². The Morgan fingerprint density at radius 3 is 2.62 bits per heavy atom. The lowest BCUT2D eigenvalue weighted by Crippen LogP contribution is -2.39. The number of carbonyl (C=O) groups is 1. The normalized spacial score (nSPS) is 21.1. The quantitative estimate of drug-likeness (QED) is 0.782. The number of hydrogen-bond acceptors (Lipinski definition) is 5. The Balaban J connectivity index is 1.92. The summed E-state index contributed by atoms with van der Waals surface area (Å²) in [4.78, 5) is 14.9. The van der Waals surface area contributed by atoms with E-state index >= 15 is 0 Å². The van der Waals surface area contributed by atoms with Gasteiger partial charge < -0.3 is 20.5 Å². The number of ether oxygens (including phenoxy) is 1. The monoisotopic (exact) mass is 290 g/mol. The Labute approximate surface area is 122 Å². The highest BCUT2D eigenvalue weighted by Gasteiger charge is 2.22. The molecule has 1 aromatic heterocycles. The molecule has 1 fully saturated rings. The molecule has 0 unspecified atom stereocenters. The molecule has 2 rings (SSSR count). The highest BCUT2D eigenvalue weighted by Crippen LogP contribution is 2.23. The summed E-state index contributed by atoms with van der Waals surface area (Å²) in [6, 6.07) is 5.73. The summed E-state index contributed by atoms with van der Waals surface area (Å²) in [6.07, 6.45) is 2.38. The molecular formula is C14H18N4O3. The molecule has 0 spiro atoms. The van der Waals surface area contributed by atoms with E-state index in [1.165, 1.54) is 7.11 Å². The number of nitriles is 1. The van der Waals surface area contributed by atoms with E-state index in [1.807, 2.05) is 6.07 Å². The van der Waals surface area contributed by atoms with E-state index in [0.29, 0.717) is 17.3 Å². The minimum atomic E-state index is -0.968. The van der Waals surface area contributed by atoms with Crippen LogP contribution in [0, 0.1) is 11.3 Å². The molecule has 1 aliphatic rings. The van der Waals surface area contributed by atoms with E-state index in [0.717, 1.165) is 25.7 Å². The van der Waals surface area contributed by atoms with Gasteiger partial charge >= 0.3 is 6.09 Å². The van der Waals surface area contributed by atoms with Gasteiger partial charge in [-0.1, -0.05) is 0 Å². The maximum absolute atomic E-state index is 10.6. The van der Waals surface area contributed by atoms with Crippen molar-refractivity contribution in [2.45, 2.75) is 37.8 Å². The first-order valence-electron chi connectivity index (χ1n) is 6.83. The first kappa shape index (κ1) is 14.9. The molecule has 0 aromatic carbocycles. The van der Waals surface area contributed by atoms with Gasteiger partial charge in [0.05, 0.1) is 7.11 Å². The minimum Gasteiger partial charge on any atom is -0.480 e. The van der Waals surface area contributed by atoms with E-state index in [9.17, 15) is 4.79 Å². The van der Waals surface area contributed by atoms with Crippen LogP contribution in [0.25, 0.3) is 0 Å². The number of nitrogens with zero attached hydrogens (tertiary/aromatic N) is 2. The topological polar surface area (TPSA) is 107 Å². The molecule has 1 aromatic rings. The summed E-state index contributed by atoms with van der Waals surface area (Å²) >= 11 is 0. The molecule has 1 heterocycles. The van der Waals surface area contributed by atoms with Crippen molar-refractivity contribution in [1.82, 2.24) is 10.3 Å². The van der Waals surface area contributed by atoms with Gasteiger partial charge in [0.25, 0.3) is 0 Å². The van der Waals surface area contributed by atoms with Crippen molar-refractivity contribution < 1.29 is 14.6 Å². The van der Waals surface area contributed by atoms with Gasteiger partial charge in [-0.05, 0) is 37.8 Å². The van der Waals surface area contributed by atoms with Gasteiger partial charge in [-0.25, -0.2) is 4.79 Å². The fourth-order valence-electron chi connectivity index (χ4n) is 2.53. The van der Waals surface area contributed by atoms with Gasteiger partial charge in [-0.3, -0.25) is 0 Å². The molecule has 0 radical (unpaired) electrons. The minimum absolute atomic E-state index is 0.0315. The summed E-state index contributed by atoms with van der Waals surface area (Å²) in [5, 5.41) is 23.4. The van der Waals surface area contributed by atoms with Crippen molar-refractivity contribution in [1.29, 1.82) is 5.26 Å². The van der Waals surface area contributed by atoms with Gasteiger partial charge in [-0.15, -0.1) is 0 Å². The van der Waals surface area contributed by atoms with Crippen LogP contribution in [0.2, 0.25) is 0 Å². The second kappa shape index (κ2) is 6.79. The standard InChI is InChI=1S/C14H18N4O3/c1-21-13-9(8-15)2-7-12(18-13)16-10-3-5-11(6-4-10)17-14(19)20/h2,7,10-11,17H,3-6H2,1H3,(H,16,18)(H,19,20)/t10-,11-. The molecule has 1 saturated carbocycles. The summed E-state index contributed by atoms with van der Waals surface area (Å²) < 4.78 is 5.08. The van der Waals surface area contributed by atoms with Crippen LogP contribution in [-0.4, -0.2) is 35.4 Å². The Bertz CT molecular complexity index is 548. The maximum Gasteiger partial charge on any atom is 0.404 e. The van der Waals surface area contributed by atoms with Crippen LogP contribution in [-0.2, 0) is 0 Å². The third-order valence-electron chi connectivity index (χ3n) is 3.58. The number of carboxylic acid groups (broad SMARTS) is 1. The number of aromatic nitrogens is 1. The number of amides is 1. The van der Waals surface area contributed by atoms with Gasteiger partial charge in [0, 0.05) is 12.1 Å². The van der Waals surface area contributed by atoms with Crippen molar-refractivity contribution in [3.8, 4) is 11.9 Å². The molecule has 7 heteroatoms. The predicted molar refractivity (Wildman–Crippen MR) is 76.3 cm³/mol. The molecule has 1 amide bonds. The molecule has 0 saturated heterocycles. The predicted octanol–water partition coefficient (Wildman–Crippen LogP) is 1.95. The number of methoxy groups -OCH3 is 1. The largest absolute Gasteiger partial charge is 0.480 e. The molecule has 7 nitrogen and oxygen atoms in total. The zero-order valence-electron chi connectivity index (χ0n) is 11.8. The first-order valence-corrected chi connectivity index (χ1v) is 6.83. The van der Waals surface area contributed by atoms with Gasteiger partial charge in [0.1, 0.15) is 17.5 Å². The molecule has 21 heavy (non-hydrogen) atoms. The van der Waals surface area contributed by atoms with Crippen molar-refractivity contribution in [3.05, 3.63) is 17.7 Å². The van der Waals surface area contributed by atoms with E-state index in [1.54, 1.807) is 12.1 Å². The Morgan fingerprint density at radius 2 is 2.05 bits per heavy atom. The summed E-state index contributed by atoms with van der Waals surface area (Å²) in [7, 11) is 1.48. The molecular weight excluding hydrogens is 272 g/mol. The van der Waals surface area contributed by atoms with Crippen molar-refractivity contribution in [3.63, 3.8) is 0 Å². The number of pyridine rings is 1. The maximum atomic E-state index is 10.6. The van der Waals surface area contributed by atoms with E-state index in [2.05, 4.69) is 15.6 Å². The Kier molecular flexibility index (Phi) is 4.82. The van der Waals surface area contributed by atoms with Crippen LogP contribution < -0.4 is 15.4 Å². The molecule has 3 N–H and O–H groups in total. The lowest BCUT2D eigenvalue weighted by Gasteiger charge is -2.29. The van der Waals surface area contributed by atoms with E-state index in [-0.39, 0.29) is 12.1 Å². The highest BCUT2D eigenvalue weighted by atomic mass is 16.5. The second-order valence-corrected chi connectivity index (χ2v) is 5.01. The fourth-order valence-corrected chi connectivity index (χ4v) is 2.53. The third kappa shape index (κ3) is 3.99. The van der Waals surface area contributed by atoms with Crippen LogP contribution in [0.15, 0.2) is 12.1 Å². The summed E-state index contributed by atoms with van der Waals surface area (Å²) in [6.45, 7) is 0. The number of hydrogen-bond donors (Lipinski definition) is 3. The summed E-state index contributed by atoms with van der Waals surface area (Å²) in [5.74, 6) is 0.976. The van der Waals surface area contributed by atoms with E-state index in [4.69, 9.17) is 15.1 Å². The van der Waals surface area contributed by atoms with Crippen LogP contribution in [0.1, 0.15) is 31.2 Å². The average Bonchev–Trinajstić information content (AvgIpc) is 2.48. The Morgan fingerprint density at radius 1 is 1.38 bits per heavy atom. The molecule has 1 aliphatic carbocycles. The van der Waals surface area contributed by atoms with Crippen molar-refractivity contribution >= 4 is 11.9 Å². The zero-order valence-corrected chi connectivity index (χ0v) is 11.8. The lowest BCUT2D eigenvalue weighted by atomic mass is 9.91. The highest BCUT2D eigenvalue weighted by molar-refractivity contribution is 5.64. The van der Waals surface area contributed by atoms with Crippen LogP contribution in [0.4, 0.5) is 10.6 Å². The van der Waals surface area contributed by atoms with Crippen LogP contribution in [0.5, 0.6) is 5.88 Å². The molecule has 0 bridgehead atoms. The van der Waals surface area contributed by atoms with Gasteiger partial charge in [0.2, 0.25) is 5.88 Å². The first-order chi connectivity index (χ1) is 10.1. The number of anilines is 1. The van der Waals surface area contributed by atoms with Crippen LogP contribution in [0.3, 0.4) is 0 Å². The number of rotatable bonds is 4. The smallest absolute Gasteiger partial charge is 0.404 e. The molecule has 0 aliphatic heterocycles. The molecule has 112 valence electrons. The third-order valence-corrected chi connectivity index (χ3v) is 3.58. The molecule has 0 atom stereocenters. The Hall–Kier alpha value is -2.49. The summed E-state index contributed by atoms with van der Waals surface area (Å²) in [5.41, 5.74) is 0.400. The van der Waals surface area contributed by atoms with Crippen molar-refractivity contribution in [2.75, 3.05) is 12.4 Å². The lowest BCUT2D eigenvalue weighted by molar-refractivity contribution is 0.185. The van der Waals surface area contributed by atoms with Crippen molar-refractivity contribution in [2.24, 2.45) is 0 Å². The average molecular weight is 290 g/mol. The second-order valence-electron chi connectivity index (χ2n) is 5.01. The van der Waals surface area contributed by atoms with Gasteiger partial charge in [0.15, 0.2) is 0 Å². The fraction of sp³-hybridized carbons (Fsp3) is 0.500. The number of nitrogens with one attached hydrogen (secondary N) is 2.